The van der Waals surface area contributed by atoms with Gasteiger partial charge in [0.15, 0.2) is 0 Å². The van der Waals surface area contributed by atoms with Gasteiger partial charge in [-0.2, -0.15) is 0 Å². The summed E-state index contributed by atoms with van der Waals surface area (Å²) in [5, 5.41) is 3.58. The minimum Gasteiger partial charge on any atom is -0.357 e. The number of benzene rings is 4. The Morgan fingerprint density at radius 2 is 1.43 bits per heavy atom. The van der Waals surface area contributed by atoms with Crippen molar-refractivity contribution in [2.75, 3.05) is 17.9 Å². The first-order valence-corrected chi connectivity index (χ1v) is 15.4. The topological polar surface area (TPSA) is 86.8 Å². The first-order valence-electron chi connectivity index (χ1n) is 13.2. The number of likely N-dealkylation sites (N-methyl/N-ethyl adjacent to an activating group) is 1. The van der Waals surface area contributed by atoms with Crippen molar-refractivity contribution in [1.29, 1.82) is 0 Å². The maximum atomic E-state index is 14.3. The first-order chi connectivity index (χ1) is 20.1. The molecule has 4 aromatic rings. The van der Waals surface area contributed by atoms with E-state index in [9.17, 15) is 18.0 Å². The minimum atomic E-state index is -4.19. The van der Waals surface area contributed by atoms with Crippen LogP contribution in [0.2, 0.25) is 10.0 Å². The highest BCUT2D eigenvalue weighted by molar-refractivity contribution is 7.92. The first kappa shape index (κ1) is 31.1. The van der Waals surface area contributed by atoms with Crippen LogP contribution in [0, 0.1) is 6.92 Å². The number of rotatable bonds is 11. The third-order valence-corrected chi connectivity index (χ3v) is 9.04. The fourth-order valence-corrected chi connectivity index (χ4v) is 6.62. The van der Waals surface area contributed by atoms with Crippen molar-refractivity contribution in [2.45, 2.75) is 30.8 Å². The summed E-state index contributed by atoms with van der Waals surface area (Å²) >= 11 is 12.4. The summed E-state index contributed by atoms with van der Waals surface area (Å²) in [6, 6.07) is 28.1. The van der Waals surface area contributed by atoms with Gasteiger partial charge in [0.2, 0.25) is 11.8 Å². The second-order valence-corrected chi connectivity index (χ2v) is 12.5. The lowest BCUT2D eigenvalue weighted by Crippen LogP contribution is -2.53. The number of hydrogen-bond acceptors (Lipinski definition) is 4. The minimum absolute atomic E-state index is 0.0284. The van der Waals surface area contributed by atoms with Crippen LogP contribution in [0.15, 0.2) is 108 Å². The lowest BCUT2D eigenvalue weighted by molar-refractivity contribution is -0.139. The molecular weight excluding hydrogens is 593 g/mol. The molecule has 0 aliphatic heterocycles. The normalized spacial score (nSPS) is 11.9. The van der Waals surface area contributed by atoms with E-state index in [1.807, 2.05) is 30.3 Å². The maximum absolute atomic E-state index is 14.3. The predicted molar refractivity (Wildman–Crippen MR) is 167 cm³/mol. The summed E-state index contributed by atoms with van der Waals surface area (Å²) in [5.74, 6) is -0.942. The van der Waals surface area contributed by atoms with Gasteiger partial charge in [-0.3, -0.25) is 13.9 Å². The Kier molecular flexibility index (Phi) is 10.3. The SMILES string of the molecule is CNC(=O)[C@H](Cc1ccccc1)N(Cc1cccc(Cl)c1)C(=O)CN(c1ccc(Cl)cc1C)S(=O)(=O)c1ccccc1. The quantitative estimate of drug-likeness (QED) is 0.226. The summed E-state index contributed by atoms with van der Waals surface area (Å²) in [5.41, 5.74) is 2.41. The molecular formula is C32H31Cl2N3O4S. The number of anilines is 1. The lowest BCUT2D eigenvalue weighted by atomic mass is 10.0. The van der Waals surface area contributed by atoms with E-state index in [0.29, 0.717) is 26.9 Å². The lowest BCUT2D eigenvalue weighted by Gasteiger charge is -2.34. The molecule has 218 valence electrons. The van der Waals surface area contributed by atoms with E-state index in [2.05, 4.69) is 5.32 Å². The molecule has 0 fully saturated rings. The second kappa shape index (κ2) is 13.9. The molecule has 1 N–H and O–H groups in total. The van der Waals surface area contributed by atoms with Gasteiger partial charge in [0.25, 0.3) is 10.0 Å². The molecule has 0 heterocycles. The molecule has 7 nitrogen and oxygen atoms in total. The zero-order valence-corrected chi connectivity index (χ0v) is 25.5. The van der Waals surface area contributed by atoms with Gasteiger partial charge >= 0.3 is 0 Å². The average Bonchev–Trinajstić information content (AvgIpc) is 2.98. The van der Waals surface area contributed by atoms with Crippen molar-refractivity contribution < 1.29 is 18.0 Å². The van der Waals surface area contributed by atoms with Crippen LogP contribution in [0.1, 0.15) is 16.7 Å². The molecule has 0 spiro atoms. The Morgan fingerprint density at radius 1 is 0.810 bits per heavy atom. The van der Waals surface area contributed by atoms with Crippen LogP contribution in [0.5, 0.6) is 0 Å². The Bertz CT molecular complexity index is 1650. The molecule has 0 saturated carbocycles. The van der Waals surface area contributed by atoms with Crippen LogP contribution in [0.4, 0.5) is 5.69 Å². The number of nitrogens with one attached hydrogen (secondary N) is 1. The number of carbonyl (C=O) groups is 2. The molecule has 4 aromatic carbocycles. The molecule has 2 amide bonds. The Hall–Kier alpha value is -3.85. The van der Waals surface area contributed by atoms with E-state index >= 15 is 0 Å². The van der Waals surface area contributed by atoms with Gasteiger partial charge in [0.1, 0.15) is 12.6 Å². The van der Waals surface area contributed by atoms with Gasteiger partial charge in [-0.1, -0.05) is 83.9 Å². The largest absolute Gasteiger partial charge is 0.357 e. The fraction of sp³-hybridized carbons (Fsp3) is 0.188. The van der Waals surface area contributed by atoms with Gasteiger partial charge < -0.3 is 10.2 Å². The van der Waals surface area contributed by atoms with E-state index in [-0.39, 0.29) is 23.8 Å². The highest BCUT2D eigenvalue weighted by Gasteiger charge is 2.34. The standard InChI is InChI=1S/C32H31Cl2N3O4S/c1-23-18-27(34)16-17-29(23)37(42(40,41)28-14-7-4-8-15-28)22-31(38)36(21-25-12-9-13-26(33)19-25)30(32(39)35-2)20-24-10-5-3-6-11-24/h3-19,30H,20-22H2,1-2H3,(H,35,39)/t30-/m0/s1. The van der Waals surface area contributed by atoms with Crippen molar-refractivity contribution in [3.63, 3.8) is 0 Å². The molecule has 42 heavy (non-hydrogen) atoms. The monoisotopic (exact) mass is 623 g/mol. The van der Waals surface area contributed by atoms with Crippen LogP contribution in [0.25, 0.3) is 0 Å². The smallest absolute Gasteiger partial charge is 0.264 e. The Balaban J connectivity index is 1.81. The van der Waals surface area contributed by atoms with Crippen molar-refractivity contribution in [1.82, 2.24) is 10.2 Å². The van der Waals surface area contributed by atoms with Gasteiger partial charge in [-0.25, -0.2) is 8.42 Å². The van der Waals surface area contributed by atoms with E-state index in [4.69, 9.17) is 23.2 Å². The zero-order valence-electron chi connectivity index (χ0n) is 23.2. The summed E-state index contributed by atoms with van der Waals surface area (Å²) in [4.78, 5) is 29.1. The summed E-state index contributed by atoms with van der Waals surface area (Å²) < 4.78 is 29.1. The molecule has 0 saturated heterocycles. The molecule has 0 aliphatic rings. The molecule has 10 heteroatoms. The zero-order chi connectivity index (χ0) is 30.3. The van der Waals surface area contributed by atoms with Gasteiger partial charge in [-0.05, 0) is 66.1 Å². The highest BCUT2D eigenvalue weighted by atomic mass is 35.5. The van der Waals surface area contributed by atoms with Crippen LogP contribution >= 0.6 is 23.2 Å². The third kappa shape index (κ3) is 7.50. The predicted octanol–water partition coefficient (Wildman–Crippen LogP) is 5.88. The van der Waals surface area contributed by atoms with Crippen molar-refractivity contribution in [2.24, 2.45) is 0 Å². The van der Waals surface area contributed by atoms with Crippen LogP contribution < -0.4 is 9.62 Å². The number of nitrogens with zero attached hydrogens (tertiary/aromatic N) is 2. The summed E-state index contributed by atoms with van der Waals surface area (Å²) in [6.07, 6.45) is 0.220. The van der Waals surface area contributed by atoms with Crippen LogP contribution in [0.3, 0.4) is 0 Å². The van der Waals surface area contributed by atoms with Gasteiger partial charge in [-0.15, -0.1) is 0 Å². The van der Waals surface area contributed by atoms with Crippen LogP contribution in [-0.2, 0) is 32.6 Å². The molecule has 0 radical (unpaired) electrons. The van der Waals surface area contributed by atoms with E-state index < -0.39 is 28.5 Å². The highest BCUT2D eigenvalue weighted by Crippen LogP contribution is 2.29. The number of sulfonamides is 1. The summed E-state index contributed by atoms with van der Waals surface area (Å²) in [6.45, 7) is 1.21. The molecule has 0 aromatic heterocycles. The molecule has 0 bridgehead atoms. The summed E-state index contributed by atoms with van der Waals surface area (Å²) in [7, 11) is -2.68. The van der Waals surface area contributed by atoms with Crippen molar-refractivity contribution in [3.8, 4) is 0 Å². The molecule has 4 rings (SSSR count). The van der Waals surface area contributed by atoms with Gasteiger partial charge in [0, 0.05) is 30.1 Å². The maximum Gasteiger partial charge on any atom is 0.264 e. The number of carbonyl (C=O) groups excluding carboxylic acids is 2. The molecule has 0 unspecified atom stereocenters. The molecule has 1 atom stereocenters. The van der Waals surface area contributed by atoms with Crippen molar-refractivity contribution in [3.05, 3.63) is 130 Å². The number of hydrogen-bond donors (Lipinski definition) is 1. The van der Waals surface area contributed by atoms with Crippen molar-refractivity contribution >= 4 is 50.7 Å². The third-order valence-electron chi connectivity index (χ3n) is 6.80. The molecule has 0 aliphatic carbocycles. The number of aryl methyl sites for hydroxylation is 1. The Labute approximate surface area is 256 Å². The average molecular weight is 625 g/mol. The second-order valence-electron chi connectivity index (χ2n) is 9.73. The van der Waals surface area contributed by atoms with Gasteiger partial charge in [0.05, 0.1) is 10.6 Å². The van der Waals surface area contributed by atoms with E-state index in [1.54, 1.807) is 67.6 Å². The van der Waals surface area contributed by atoms with E-state index in [1.165, 1.54) is 24.1 Å². The fourth-order valence-electron chi connectivity index (χ4n) is 4.68. The van der Waals surface area contributed by atoms with E-state index in [0.717, 1.165) is 9.87 Å². The number of amides is 2. The number of halogens is 2. The Morgan fingerprint density at radius 3 is 2.05 bits per heavy atom. The van der Waals surface area contributed by atoms with Crippen LogP contribution in [-0.4, -0.2) is 44.8 Å².